The molecule has 3 heteroatoms. The molecule has 0 saturated carbocycles. The van der Waals surface area contributed by atoms with E-state index >= 15 is 0 Å². The maximum absolute atomic E-state index is 10.4. The van der Waals surface area contributed by atoms with Crippen LogP contribution in [0.15, 0.2) is 30.5 Å². The number of hydrogen-bond acceptors (Lipinski definition) is 1. The molecule has 0 aliphatic heterocycles. The molecule has 0 aliphatic carbocycles. The van der Waals surface area contributed by atoms with Crippen LogP contribution >= 0.6 is 0 Å². The fourth-order valence-electron chi connectivity index (χ4n) is 1.10. The molecule has 2 aromatic rings. The van der Waals surface area contributed by atoms with Crippen LogP contribution in [0.1, 0.15) is 11.8 Å². The molecule has 0 spiro atoms. The summed E-state index contributed by atoms with van der Waals surface area (Å²) in [6, 6.07) is 7.33. The number of aldehydes is 1. The second-order valence-electron chi connectivity index (χ2n) is 2.38. The molecule has 2 nitrogen and oxygen atoms in total. The van der Waals surface area contributed by atoms with Crippen LogP contribution in [-0.2, 0) is 0 Å². The Kier molecular flexibility index (Phi) is 3.67. The predicted molar refractivity (Wildman–Crippen MR) is 43.8 cm³/mol. The number of rotatable bonds is 1. The Balaban J connectivity index is 0.000000720. The van der Waals surface area contributed by atoms with Gasteiger partial charge in [0.25, 0.3) is 0 Å². The van der Waals surface area contributed by atoms with Crippen LogP contribution in [0.3, 0.4) is 0 Å². The van der Waals surface area contributed by atoms with E-state index in [4.69, 9.17) is 0 Å². The fourth-order valence-corrected chi connectivity index (χ4v) is 1.10. The molecule has 1 heterocycles. The monoisotopic (exact) mass is 185 g/mol. The average Bonchev–Trinajstić information content (AvgIpc) is 2.50. The molecule has 0 aliphatic rings. The van der Waals surface area contributed by atoms with Crippen LogP contribution in [0.25, 0.3) is 10.9 Å². The molecular weight excluding hydrogens is 177 g/mol. The van der Waals surface area contributed by atoms with Crippen molar-refractivity contribution in [3.8, 4) is 0 Å². The normalized spacial score (nSPS) is 9.33. The summed E-state index contributed by atoms with van der Waals surface area (Å²) in [5.74, 6) is 0. The SMILES string of the molecule is O=Cc1ccc2[n-]ccc2c1.[2H-].[K+]. The van der Waals surface area contributed by atoms with Crippen molar-refractivity contribution in [3.05, 3.63) is 36.0 Å². The first-order valence-electron chi connectivity index (χ1n) is 3.37. The first-order valence-corrected chi connectivity index (χ1v) is 3.37. The van der Waals surface area contributed by atoms with E-state index in [2.05, 4.69) is 4.98 Å². The molecule has 12 heavy (non-hydrogen) atoms. The molecule has 2 rings (SSSR count). The van der Waals surface area contributed by atoms with Crippen molar-refractivity contribution in [1.82, 2.24) is 4.98 Å². The van der Waals surface area contributed by atoms with Gasteiger partial charge < -0.3 is 6.41 Å². The maximum atomic E-state index is 10.4. The van der Waals surface area contributed by atoms with Gasteiger partial charge in [-0.2, -0.15) is 6.20 Å². The molecule has 1 aromatic heterocycles. The van der Waals surface area contributed by atoms with E-state index in [1.165, 1.54) is 0 Å². The van der Waals surface area contributed by atoms with Crippen molar-refractivity contribution in [3.63, 3.8) is 0 Å². The molecule has 56 valence electrons. The Morgan fingerprint density at radius 3 is 2.92 bits per heavy atom. The molecule has 0 radical (unpaired) electrons. The third-order valence-electron chi connectivity index (χ3n) is 1.66. The minimum Gasteiger partial charge on any atom is -1.00 e. The number of fused-ring (bicyclic) bond motifs is 1. The quantitative estimate of drug-likeness (QED) is 0.409. The maximum Gasteiger partial charge on any atom is 1.00 e. The number of benzene rings is 1. The van der Waals surface area contributed by atoms with Crippen LogP contribution < -0.4 is 56.4 Å². The summed E-state index contributed by atoms with van der Waals surface area (Å²) >= 11 is 0. The van der Waals surface area contributed by atoms with E-state index < -0.39 is 0 Å². The molecule has 0 unspecified atom stereocenters. The van der Waals surface area contributed by atoms with Gasteiger partial charge in [-0.15, -0.1) is 5.52 Å². The van der Waals surface area contributed by atoms with Gasteiger partial charge in [0.05, 0.1) is 0 Å². The topological polar surface area (TPSA) is 31.2 Å². The largest absolute Gasteiger partial charge is 1.00 e. The Hall–Kier alpha value is 0.0664. The van der Waals surface area contributed by atoms with Gasteiger partial charge in [-0.3, -0.25) is 4.79 Å². The summed E-state index contributed by atoms with van der Waals surface area (Å²) in [5.41, 5.74) is 1.64. The zero-order valence-corrected chi connectivity index (χ0v) is 9.94. The van der Waals surface area contributed by atoms with Gasteiger partial charge in [0.2, 0.25) is 0 Å². The zero-order chi connectivity index (χ0) is 7.68. The zero-order valence-electron chi connectivity index (χ0n) is 7.82. The fraction of sp³-hybridized carbons (Fsp3) is 0. The van der Waals surface area contributed by atoms with Crippen molar-refractivity contribution >= 4 is 17.2 Å². The Morgan fingerprint density at radius 2 is 2.17 bits per heavy atom. The van der Waals surface area contributed by atoms with Gasteiger partial charge in [0.1, 0.15) is 6.29 Å². The van der Waals surface area contributed by atoms with Crippen LogP contribution in [0.2, 0.25) is 0 Å². The second kappa shape index (κ2) is 4.34. The van der Waals surface area contributed by atoms with Crippen LogP contribution in [0, 0.1) is 0 Å². The number of carbonyl (C=O) groups is 1. The smallest absolute Gasteiger partial charge is 1.00 e. The molecule has 0 fully saturated rings. The van der Waals surface area contributed by atoms with Crippen molar-refractivity contribution in [2.45, 2.75) is 0 Å². The number of aromatic nitrogens is 1. The second-order valence-corrected chi connectivity index (χ2v) is 2.38. The summed E-state index contributed by atoms with van der Waals surface area (Å²) < 4.78 is 0. The van der Waals surface area contributed by atoms with Crippen LogP contribution in [-0.4, -0.2) is 6.29 Å². The van der Waals surface area contributed by atoms with E-state index in [1.54, 1.807) is 12.3 Å². The van der Waals surface area contributed by atoms with Gasteiger partial charge in [-0.25, -0.2) is 0 Å². The van der Waals surface area contributed by atoms with Gasteiger partial charge in [-0.1, -0.05) is 18.2 Å². The number of hydrogen-bond donors (Lipinski definition) is 0. The molecule has 1 aromatic carbocycles. The van der Waals surface area contributed by atoms with E-state index in [0.29, 0.717) is 5.56 Å². The Morgan fingerprint density at radius 1 is 1.33 bits per heavy atom. The van der Waals surface area contributed by atoms with Gasteiger partial charge in [0, 0.05) is 5.56 Å². The van der Waals surface area contributed by atoms with E-state index in [0.717, 1.165) is 17.2 Å². The van der Waals surface area contributed by atoms with Crippen molar-refractivity contribution in [1.29, 1.82) is 0 Å². The third kappa shape index (κ3) is 1.86. The third-order valence-corrected chi connectivity index (χ3v) is 1.66. The summed E-state index contributed by atoms with van der Waals surface area (Å²) in [6.07, 6.45) is 2.58. The van der Waals surface area contributed by atoms with E-state index in [1.807, 2.05) is 18.2 Å². The summed E-state index contributed by atoms with van der Waals surface area (Å²) in [5, 5.41) is 1.02. The summed E-state index contributed by atoms with van der Waals surface area (Å²) in [6.45, 7) is 0. The average molecular weight is 185 g/mol. The molecule has 0 saturated heterocycles. The van der Waals surface area contributed by atoms with Gasteiger partial charge in [0.15, 0.2) is 0 Å². The minimum absolute atomic E-state index is 0. The number of nitrogens with zero attached hydrogens (tertiary/aromatic N) is 1. The van der Waals surface area contributed by atoms with Gasteiger partial charge >= 0.3 is 51.4 Å². The van der Waals surface area contributed by atoms with E-state index in [9.17, 15) is 4.79 Å². The Labute approximate surface area is 114 Å². The van der Waals surface area contributed by atoms with E-state index in [-0.39, 0.29) is 52.8 Å². The first kappa shape index (κ1) is 10.1. The summed E-state index contributed by atoms with van der Waals surface area (Å²) in [7, 11) is 0. The molecule has 0 atom stereocenters. The standard InChI is InChI=1S/C9H7NO.K.H/c11-6-7-1-2-9-8(5-7)3-4-10-9;;/h1-6H,(H,10,11);;/q;+1;-1/p-1/i;;1+1. The minimum atomic E-state index is 0. The van der Waals surface area contributed by atoms with Crippen LogP contribution in [0.5, 0.6) is 0 Å². The molecular formula is C9H7KNO-. The van der Waals surface area contributed by atoms with Crippen molar-refractivity contribution in [2.75, 3.05) is 0 Å². The summed E-state index contributed by atoms with van der Waals surface area (Å²) in [4.78, 5) is 14.4. The molecule has 0 bridgehead atoms. The predicted octanol–water partition coefficient (Wildman–Crippen LogP) is -1.27. The first-order chi connectivity index (χ1) is 5.40. The Bertz CT molecular complexity index is 399. The van der Waals surface area contributed by atoms with Crippen molar-refractivity contribution in [2.24, 2.45) is 0 Å². The van der Waals surface area contributed by atoms with Gasteiger partial charge in [-0.05, 0) is 11.5 Å². The van der Waals surface area contributed by atoms with Crippen molar-refractivity contribution < 1.29 is 57.6 Å². The molecule has 0 amide bonds. The number of carbonyl (C=O) groups excluding carboxylic acids is 1. The molecule has 0 N–H and O–H groups in total. The van der Waals surface area contributed by atoms with Crippen LogP contribution in [0.4, 0.5) is 0 Å².